The van der Waals surface area contributed by atoms with Crippen molar-refractivity contribution in [1.29, 1.82) is 0 Å². The third kappa shape index (κ3) is 2.81. The summed E-state index contributed by atoms with van der Waals surface area (Å²) in [6.07, 6.45) is 0.750. The molecule has 1 aliphatic carbocycles. The highest BCUT2D eigenvalue weighted by molar-refractivity contribution is 6.31. The van der Waals surface area contributed by atoms with Crippen molar-refractivity contribution in [2.75, 3.05) is 5.32 Å². The minimum atomic E-state index is -0.430. The number of hydrogen-bond acceptors (Lipinski definition) is 5. The molecule has 0 spiro atoms. The third-order valence-corrected chi connectivity index (χ3v) is 6.46. The van der Waals surface area contributed by atoms with Crippen LogP contribution in [-0.4, -0.2) is 9.85 Å². The number of nitrogens with zero attached hydrogens (tertiary/aromatic N) is 2. The molecule has 2 aliphatic rings. The van der Waals surface area contributed by atoms with Gasteiger partial charge in [0, 0.05) is 46.5 Å². The summed E-state index contributed by atoms with van der Waals surface area (Å²) >= 11 is 6.48. The van der Waals surface area contributed by atoms with Crippen LogP contribution in [0.2, 0.25) is 5.02 Å². The maximum Gasteiger partial charge on any atom is 0.269 e. The Morgan fingerprint density at radius 1 is 0.867 bits per heavy atom. The Kier molecular flexibility index (Phi) is 4.22. The van der Waals surface area contributed by atoms with Crippen molar-refractivity contribution in [2.24, 2.45) is 5.92 Å². The first-order valence-corrected chi connectivity index (χ1v) is 9.88. The Labute approximate surface area is 176 Å². The molecule has 1 aliphatic heterocycles. The Hall–Kier alpha value is -3.45. The molecule has 150 valence electrons. The Bertz CT molecular complexity index is 1210. The second-order valence-electron chi connectivity index (χ2n) is 7.66. The van der Waals surface area contributed by atoms with Gasteiger partial charge >= 0.3 is 0 Å². The number of rotatable bonds is 3. The maximum atomic E-state index is 11.4. The van der Waals surface area contributed by atoms with Crippen molar-refractivity contribution in [1.82, 2.24) is 0 Å². The summed E-state index contributed by atoms with van der Waals surface area (Å²) in [5.41, 5.74) is 4.67. The molecule has 0 amide bonds. The standard InChI is InChI=1S/C22H16ClN3O4/c23-19-7-5-13(25(27)28)10-16(19)22-18-9-12-3-1-2-4-15(12)21(18)17-11-14(26(29)30)6-8-20(17)24-22/h1-8,10-11,18,21-22,24H,9H2/t18-,21-,22-/m0/s1. The SMILES string of the molecule is O=[N+]([O-])c1ccc2c(c1)[C@@H]1c3ccccc3C[C@@H]1[C@H](c1cc([N+](=O)[O-])ccc1Cl)N2. The van der Waals surface area contributed by atoms with Crippen LogP contribution in [-0.2, 0) is 6.42 Å². The average molecular weight is 422 g/mol. The summed E-state index contributed by atoms with van der Waals surface area (Å²) in [4.78, 5) is 21.9. The van der Waals surface area contributed by atoms with Crippen molar-refractivity contribution >= 4 is 28.7 Å². The van der Waals surface area contributed by atoms with Crippen LogP contribution in [0.4, 0.5) is 17.1 Å². The topological polar surface area (TPSA) is 98.3 Å². The van der Waals surface area contributed by atoms with Crippen LogP contribution in [0.5, 0.6) is 0 Å². The fourth-order valence-electron chi connectivity index (χ4n) is 4.85. The van der Waals surface area contributed by atoms with Crippen LogP contribution in [0.1, 0.15) is 34.2 Å². The molecular weight excluding hydrogens is 406 g/mol. The number of nitro groups is 2. The summed E-state index contributed by atoms with van der Waals surface area (Å²) < 4.78 is 0. The number of nitro benzene ring substituents is 2. The predicted molar refractivity (Wildman–Crippen MR) is 113 cm³/mol. The lowest BCUT2D eigenvalue weighted by atomic mass is 9.75. The van der Waals surface area contributed by atoms with Crippen molar-refractivity contribution in [3.63, 3.8) is 0 Å². The zero-order chi connectivity index (χ0) is 21.0. The number of nitrogens with one attached hydrogen (secondary N) is 1. The zero-order valence-electron chi connectivity index (χ0n) is 15.6. The van der Waals surface area contributed by atoms with Gasteiger partial charge in [-0.25, -0.2) is 0 Å². The average Bonchev–Trinajstić information content (AvgIpc) is 3.13. The molecule has 0 saturated heterocycles. The molecule has 8 heteroatoms. The zero-order valence-corrected chi connectivity index (χ0v) is 16.4. The van der Waals surface area contributed by atoms with Crippen LogP contribution in [0.3, 0.4) is 0 Å². The van der Waals surface area contributed by atoms with E-state index in [1.165, 1.54) is 23.8 Å². The minimum Gasteiger partial charge on any atom is -0.378 e. The fraction of sp³-hybridized carbons (Fsp3) is 0.182. The summed E-state index contributed by atoms with van der Waals surface area (Å²) in [5.74, 6) is -0.0333. The van der Waals surface area contributed by atoms with Crippen LogP contribution >= 0.6 is 11.6 Å². The highest BCUT2D eigenvalue weighted by Crippen LogP contribution is 2.55. The van der Waals surface area contributed by atoms with Crippen LogP contribution in [0, 0.1) is 26.1 Å². The first-order valence-electron chi connectivity index (χ1n) is 9.50. The number of anilines is 1. The number of halogens is 1. The van der Waals surface area contributed by atoms with E-state index in [0.717, 1.165) is 23.2 Å². The molecule has 1 heterocycles. The third-order valence-electron chi connectivity index (χ3n) is 6.12. The van der Waals surface area contributed by atoms with Crippen LogP contribution in [0.25, 0.3) is 0 Å². The number of hydrogen-bond donors (Lipinski definition) is 1. The molecule has 1 N–H and O–H groups in total. The lowest BCUT2D eigenvalue weighted by Crippen LogP contribution is -2.30. The van der Waals surface area contributed by atoms with Crippen molar-refractivity contribution in [3.8, 4) is 0 Å². The first kappa shape index (κ1) is 18.6. The van der Waals surface area contributed by atoms with Gasteiger partial charge in [-0.2, -0.15) is 0 Å². The smallest absolute Gasteiger partial charge is 0.269 e. The van der Waals surface area contributed by atoms with E-state index in [1.54, 1.807) is 18.2 Å². The Balaban J connectivity index is 1.70. The molecule has 30 heavy (non-hydrogen) atoms. The van der Waals surface area contributed by atoms with Gasteiger partial charge < -0.3 is 5.32 Å². The van der Waals surface area contributed by atoms with Gasteiger partial charge in [-0.05, 0) is 41.2 Å². The van der Waals surface area contributed by atoms with Gasteiger partial charge in [0.15, 0.2) is 0 Å². The molecule has 0 aromatic heterocycles. The predicted octanol–water partition coefficient (Wildman–Crippen LogP) is 5.63. The van der Waals surface area contributed by atoms with Gasteiger partial charge in [0.1, 0.15) is 0 Å². The van der Waals surface area contributed by atoms with Crippen molar-refractivity contribution in [2.45, 2.75) is 18.4 Å². The molecule has 0 bridgehead atoms. The number of benzene rings is 3. The van der Waals surface area contributed by atoms with Crippen molar-refractivity contribution in [3.05, 3.63) is 108 Å². The molecule has 0 saturated carbocycles. The lowest BCUT2D eigenvalue weighted by molar-refractivity contribution is -0.385. The van der Waals surface area contributed by atoms with Gasteiger partial charge in [0.2, 0.25) is 0 Å². The van der Waals surface area contributed by atoms with E-state index in [4.69, 9.17) is 11.6 Å². The lowest BCUT2D eigenvalue weighted by Gasteiger charge is -2.38. The summed E-state index contributed by atoms with van der Waals surface area (Å²) in [7, 11) is 0. The van der Waals surface area contributed by atoms with Gasteiger partial charge in [-0.3, -0.25) is 20.2 Å². The van der Waals surface area contributed by atoms with Gasteiger partial charge in [0.05, 0.1) is 15.9 Å². The molecular formula is C22H16ClN3O4. The highest BCUT2D eigenvalue weighted by Gasteiger charge is 2.44. The van der Waals surface area contributed by atoms with Crippen molar-refractivity contribution < 1.29 is 9.85 Å². The molecule has 0 fully saturated rings. The molecule has 5 rings (SSSR count). The molecule has 3 aromatic carbocycles. The van der Waals surface area contributed by atoms with E-state index in [2.05, 4.69) is 17.4 Å². The molecule has 3 aromatic rings. The fourth-order valence-corrected chi connectivity index (χ4v) is 5.09. The molecule has 0 unspecified atom stereocenters. The van der Waals surface area contributed by atoms with E-state index in [-0.39, 0.29) is 34.2 Å². The maximum absolute atomic E-state index is 11.4. The molecule has 3 atom stereocenters. The van der Waals surface area contributed by atoms with E-state index < -0.39 is 4.92 Å². The Morgan fingerprint density at radius 3 is 2.27 bits per heavy atom. The second-order valence-corrected chi connectivity index (χ2v) is 8.07. The molecule has 7 nitrogen and oxygen atoms in total. The monoisotopic (exact) mass is 421 g/mol. The van der Waals surface area contributed by atoms with Gasteiger partial charge in [-0.15, -0.1) is 0 Å². The summed E-state index contributed by atoms with van der Waals surface area (Å²) in [6, 6.07) is 17.1. The van der Waals surface area contributed by atoms with E-state index in [9.17, 15) is 20.2 Å². The van der Waals surface area contributed by atoms with Gasteiger partial charge in [0.25, 0.3) is 11.4 Å². The normalized spacial score (nSPS) is 21.2. The Morgan fingerprint density at radius 2 is 1.53 bits per heavy atom. The summed E-state index contributed by atoms with van der Waals surface area (Å²) in [6.45, 7) is 0. The summed E-state index contributed by atoms with van der Waals surface area (Å²) in [5, 5.41) is 26.6. The number of non-ortho nitro benzene ring substituents is 2. The largest absolute Gasteiger partial charge is 0.378 e. The first-order chi connectivity index (χ1) is 14.4. The highest BCUT2D eigenvalue weighted by atomic mass is 35.5. The van der Waals surface area contributed by atoms with Crippen LogP contribution in [0.15, 0.2) is 60.7 Å². The van der Waals surface area contributed by atoms with E-state index in [0.29, 0.717) is 10.6 Å². The number of fused-ring (bicyclic) bond motifs is 5. The molecule has 0 radical (unpaired) electrons. The minimum absolute atomic E-state index is 0.0160. The van der Waals surface area contributed by atoms with E-state index in [1.807, 2.05) is 12.1 Å². The van der Waals surface area contributed by atoms with E-state index >= 15 is 0 Å². The van der Waals surface area contributed by atoms with Gasteiger partial charge in [-0.1, -0.05) is 35.9 Å². The quantitative estimate of drug-likeness (QED) is 0.436. The second kappa shape index (κ2) is 6.81. The van der Waals surface area contributed by atoms with Crippen LogP contribution < -0.4 is 5.32 Å².